The van der Waals surface area contributed by atoms with Crippen LogP contribution in [0.2, 0.25) is 0 Å². The Balaban J connectivity index is 1.79. The molecule has 0 bridgehead atoms. The number of thioether (sulfide) groups is 1. The largest absolute Gasteiger partial charge is 0.477 e. The lowest BCUT2D eigenvalue weighted by atomic mass is 10.0. The van der Waals surface area contributed by atoms with Gasteiger partial charge in [0.15, 0.2) is 10.8 Å². The fourth-order valence-electron chi connectivity index (χ4n) is 2.67. The highest BCUT2D eigenvalue weighted by molar-refractivity contribution is 8.00. The number of nitrogens with one attached hydrogen (secondary N) is 1. The van der Waals surface area contributed by atoms with Crippen LogP contribution < -0.4 is 11.1 Å². The molecule has 3 rings (SSSR count). The molecular formula is C14H12ClN5O5S2. The van der Waals surface area contributed by atoms with Crippen LogP contribution in [0, 0.1) is 0 Å². The first-order valence-electron chi connectivity index (χ1n) is 7.31. The molecule has 2 aliphatic rings. The highest BCUT2D eigenvalue weighted by Crippen LogP contribution is 2.40. The topological polar surface area (TPSA) is 158 Å². The number of aromatic nitrogens is 1. The van der Waals surface area contributed by atoms with Gasteiger partial charge >= 0.3 is 5.97 Å². The van der Waals surface area contributed by atoms with Gasteiger partial charge in [0.05, 0.1) is 0 Å². The molecule has 0 aromatic carbocycles. The molecule has 1 saturated heterocycles. The lowest BCUT2D eigenvalue weighted by Gasteiger charge is -2.49. The number of nitrogens with two attached hydrogens (primary N) is 1. The maximum atomic E-state index is 12.5. The van der Waals surface area contributed by atoms with Crippen molar-refractivity contribution in [3.05, 3.63) is 34.0 Å². The van der Waals surface area contributed by atoms with Gasteiger partial charge < -0.3 is 21.4 Å². The van der Waals surface area contributed by atoms with Gasteiger partial charge in [0, 0.05) is 16.7 Å². The van der Waals surface area contributed by atoms with E-state index in [2.05, 4.69) is 15.5 Å². The van der Waals surface area contributed by atoms with Crippen molar-refractivity contribution in [1.82, 2.24) is 15.2 Å². The van der Waals surface area contributed by atoms with E-state index in [1.807, 2.05) is 0 Å². The number of carbonyl (C=O) groups is 3. The summed E-state index contributed by atoms with van der Waals surface area (Å²) in [5.74, 6) is -2.38. The molecule has 0 radical (unpaired) electrons. The van der Waals surface area contributed by atoms with Crippen molar-refractivity contribution >= 4 is 63.3 Å². The van der Waals surface area contributed by atoms with Gasteiger partial charge in [-0.1, -0.05) is 16.8 Å². The van der Waals surface area contributed by atoms with Crippen molar-refractivity contribution in [3.8, 4) is 0 Å². The van der Waals surface area contributed by atoms with Crippen molar-refractivity contribution in [1.29, 1.82) is 0 Å². The minimum Gasteiger partial charge on any atom is -0.477 e. The molecule has 0 saturated carbocycles. The SMILES string of the molecule is Nc1nc(/C(=N\O)C(=O)NC2C(=O)N3C(C(=O)O)=C(/C=C/Cl)CS[C@H]23)cs1. The Morgan fingerprint density at radius 2 is 2.26 bits per heavy atom. The van der Waals surface area contributed by atoms with E-state index in [1.165, 1.54) is 28.8 Å². The summed E-state index contributed by atoms with van der Waals surface area (Å²) in [6, 6.07) is -0.967. The van der Waals surface area contributed by atoms with Gasteiger partial charge in [-0.25, -0.2) is 9.78 Å². The van der Waals surface area contributed by atoms with E-state index in [0.717, 1.165) is 16.2 Å². The number of anilines is 1. The second-order valence-corrected chi connectivity index (χ2v) is 7.60. The first-order chi connectivity index (χ1) is 12.9. The number of fused-ring (bicyclic) bond motifs is 1. The number of β-lactam (4-membered cyclic amide) rings is 1. The molecular weight excluding hydrogens is 418 g/mol. The van der Waals surface area contributed by atoms with Crippen LogP contribution in [0.15, 0.2) is 33.4 Å². The third kappa shape index (κ3) is 3.38. The Hall–Kier alpha value is -2.57. The Morgan fingerprint density at radius 3 is 2.81 bits per heavy atom. The number of amides is 2. The predicted octanol–water partition coefficient (Wildman–Crippen LogP) is 0.395. The van der Waals surface area contributed by atoms with E-state index in [0.29, 0.717) is 11.3 Å². The van der Waals surface area contributed by atoms with Gasteiger partial charge in [0.2, 0.25) is 0 Å². The highest BCUT2D eigenvalue weighted by Gasteiger charge is 2.54. The molecule has 10 nitrogen and oxygen atoms in total. The zero-order chi connectivity index (χ0) is 19.7. The minimum absolute atomic E-state index is 0.0677. The lowest BCUT2D eigenvalue weighted by molar-refractivity contribution is -0.150. The van der Waals surface area contributed by atoms with E-state index in [1.54, 1.807) is 0 Å². The van der Waals surface area contributed by atoms with Crippen molar-refractivity contribution in [2.45, 2.75) is 11.4 Å². The second kappa shape index (κ2) is 7.58. The molecule has 1 aromatic rings. The van der Waals surface area contributed by atoms with E-state index in [4.69, 9.17) is 22.5 Å². The normalized spacial score (nSPS) is 22.6. The van der Waals surface area contributed by atoms with Gasteiger partial charge in [-0.05, 0) is 11.6 Å². The summed E-state index contributed by atoms with van der Waals surface area (Å²) in [5.41, 5.74) is 6.57. The third-order valence-corrected chi connectivity index (χ3v) is 5.93. The first kappa shape index (κ1) is 19.2. The molecule has 13 heteroatoms. The maximum absolute atomic E-state index is 12.5. The van der Waals surface area contributed by atoms with Gasteiger partial charge in [-0.3, -0.25) is 14.5 Å². The van der Waals surface area contributed by atoms with Crippen LogP contribution in [0.1, 0.15) is 5.69 Å². The molecule has 2 amide bonds. The molecule has 1 aromatic heterocycles. The summed E-state index contributed by atoms with van der Waals surface area (Å²) < 4.78 is 0. The minimum atomic E-state index is -1.27. The fourth-order valence-corrected chi connectivity index (χ4v) is 4.68. The second-order valence-electron chi connectivity index (χ2n) is 5.35. The number of carbonyl (C=O) groups excluding carboxylic acids is 2. The molecule has 0 aliphatic carbocycles. The van der Waals surface area contributed by atoms with E-state index in [9.17, 15) is 19.5 Å². The number of hydrogen-bond donors (Lipinski definition) is 4. The monoisotopic (exact) mass is 429 g/mol. The smallest absolute Gasteiger partial charge is 0.352 e. The van der Waals surface area contributed by atoms with Crippen LogP contribution in [-0.4, -0.2) is 60.9 Å². The number of allylic oxidation sites excluding steroid dienone is 1. The standard InChI is InChI=1S/C14H12ClN5O5S2/c15-2-1-5-3-26-12-8(11(22)20(12)9(5)13(23)24)18-10(21)7(19-25)6-4-27-14(16)17-6/h1-2,4,8,12,25H,3H2,(H2,16,17)(H,18,21)(H,23,24)/b2-1+,19-7+/t8?,12-/m1/s1. The lowest BCUT2D eigenvalue weighted by Crippen LogP contribution is -2.71. The average Bonchev–Trinajstić information content (AvgIpc) is 3.05. The Labute approximate surface area is 165 Å². The van der Waals surface area contributed by atoms with Gasteiger partial charge in [-0.2, -0.15) is 0 Å². The number of nitrogens with zero attached hydrogens (tertiary/aromatic N) is 3. The number of carboxylic acids is 1. The molecule has 142 valence electrons. The van der Waals surface area contributed by atoms with Gasteiger partial charge in [-0.15, -0.1) is 23.1 Å². The summed E-state index contributed by atoms with van der Waals surface area (Å²) >= 11 is 7.86. The first-order valence-corrected chi connectivity index (χ1v) is 9.67. The van der Waals surface area contributed by atoms with E-state index < -0.39 is 34.9 Å². The molecule has 1 fully saturated rings. The summed E-state index contributed by atoms with van der Waals surface area (Å²) in [5, 5.41) is 24.9. The fraction of sp³-hybridized carbons (Fsp3) is 0.214. The highest BCUT2D eigenvalue weighted by atomic mass is 35.5. The van der Waals surface area contributed by atoms with Crippen LogP contribution in [0.3, 0.4) is 0 Å². The molecule has 0 spiro atoms. The number of carboxylic acid groups (broad SMARTS) is 1. The van der Waals surface area contributed by atoms with E-state index >= 15 is 0 Å². The van der Waals surface area contributed by atoms with Crippen LogP contribution in [0.5, 0.6) is 0 Å². The Morgan fingerprint density at radius 1 is 1.52 bits per heavy atom. The van der Waals surface area contributed by atoms with Crippen LogP contribution >= 0.6 is 34.7 Å². The Kier molecular flexibility index (Phi) is 5.39. The summed E-state index contributed by atoms with van der Waals surface area (Å²) in [7, 11) is 0. The number of aliphatic carboxylic acids is 1. The quantitative estimate of drug-likeness (QED) is 0.226. The summed E-state index contributed by atoms with van der Waals surface area (Å²) in [6.07, 6.45) is 1.41. The number of rotatable bonds is 5. The molecule has 1 unspecified atom stereocenters. The predicted molar refractivity (Wildman–Crippen MR) is 99.5 cm³/mol. The molecule has 2 aliphatic heterocycles. The van der Waals surface area contributed by atoms with Crippen LogP contribution in [-0.2, 0) is 14.4 Å². The number of nitrogen functional groups attached to an aromatic ring is 1. The van der Waals surface area contributed by atoms with Crippen molar-refractivity contribution in [3.63, 3.8) is 0 Å². The summed E-state index contributed by atoms with van der Waals surface area (Å²) in [6.45, 7) is 0. The number of hydrogen-bond acceptors (Lipinski definition) is 9. The molecule has 27 heavy (non-hydrogen) atoms. The number of thiazole rings is 1. The summed E-state index contributed by atoms with van der Waals surface area (Å²) in [4.78, 5) is 41.3. The molecule has 5 N–H and O–H groups in total. The number of halogens is 1. The van der Waals surface area contributed by atoms with Gasteiger partial charge in [0.1, 0.15) is 22.8 Å². The van der Waals surface area contributed by atoms with Crippen LogP contribution in [0.25, 0.3) is 0 Å². The van der Waals surface area contributed by atoms with Crippen molar-refractivity contribution in [2.75, 3.05) is 11.5 Å². The third-order valence-electron chi connectivity index (χ3n) is 3.83. The molecule has 3 heterocycles. The van der Waals surface area contributed by atoms with Crippen molar-refractivity contribution < 1.29 is 24.7 Å². The molecule has 2 atom stereocenters. The number of oxime groups is 1. The van der Waals surface area contributed by atoms with Crippen LogP contribution in [0.4, 0.5) is 5.13 Å². The van der Waals surface area contributed by atoms with Crippen molar-refractivity contribution in [2.24, 2.45) is 5.16 Å². The van der Waals surface area contributed by atoms with E-state index in [-0.39, 0.29) is 16.5 Å². The zero-order valence-electron chi connectivity index (χ0n) is 13.3. The Bertz CT molecular complexity index is 911. The maximum Gasteiger partial charge on any atom is 0.352 e. The van der Waals surface area contributed by atoms with Gasteiger partial charge in [0.25, 0.3) is 11.8 Å². The zero-order valence-corrected chi connectivity index (χ0v) is 15.7. The average molecular weight is 430 g/mol.